The topological polar surface area (TPSA) is 119 Å². The minimum atomic E-state index is -1.14. The average Bonchev–Trinajstić information content (AvgIpc) is 2.58. The predicted octanol–water partition coefficient (Wildman–Crippen LogP) is 0.508. The van der Waals surface area contributed by atoms with Crippen LogP contribution in [0, 0.1) is 5.92 Å². The number of benzene rings is 1. The van der Waals surface area contributed by atoms with E-state index in [0.717, 1.165) is 0 Å². The molecule has 1 aromatic carbocycles. The predicted molar refractivity (Wildman–Crippen MR) is 88.7 cm³/mol. The van der Waals surface area contributed by atoms with E-state index in [1.54, 1.807) is 18.2 Å². The molecule has 0 bridgehead atoms. The number of carbonyl (C=O) groups is 3. The molecule has 0 spiro atoms. The van der Waals surface area contributed by atoms with E-state index >= 15 is 0 Å². The third-order valence-corrected chi connectivity index (χ3v) is 4.39. The van der Waals surface area contributed by atoms with Gasteiger partial charge in [0.05, 0.1) is 12.6 Å². The normalized spacial score (nSPS) is 24.7. The van der Waals surface area contributed by atoms with Crippen LogP contribution in [0.3, 0.4) is 0 Å². The number of carboxylic acid groups (broad SMARTS) is 1. The summed E-state index contributed by atoms with van der Waals surface area (Å²) in [5, 5.41) is 24.0. The second kappa shape index (κ2) is 6.46. The van der Waals surface area contributed by atoms with Crippen LogP contribution in [-0.2, 0) is 14.4 Å². The van der Waals surface area contributed by atoms with Crippen molar-refractivity contribution >= 4 is 23.5 Å². The lowest BCUT2D eigenvalue weighted by Gasteiger charge is -2.50. The molecule has 3 atom stereocenters. The van der Waals surface area contributed by atoms with Crippen LogP contribution in [0.4, 0.5) is 5.69 Å². The molecule has 2 aliphatic heterocycles. The molecule has 4 N–H and O–H groups in total. The Labute approximate surface area is 144 Å². The Morgan fingerprint density at radius 3 is 2.60 bits per heavy atom. The Balaban J connectivity index is 1.58. The molecular formula is C17H19N3O5. The quantitative estimate of drug-likeness (QED) is 0.456. The minimum absolute atomic E-state index is 0.0125. The number of rotatable bonds is 5. The first-order valence-electron chi connectivity index (χ1n) is 7.97. The highest BCUT2D eigenvalue weighted by molar-refractivity contribution is 6.01. The molecule has 0 aromatic heterocycles. The van der Waals surface area contributed by atoms with Gasteiger partial charge >= 0.3 is 5.97 Å². The zero-order valence-corrected chi connectivity index (χ0v) is 13.6. The van der Waals surface area contributed by atoms with Crippen LogP contribution in [0.5, 0.6) is 5.75 Å². The van der Waals surface area contributed by atoms with E-state index in [1.165, 1.54) is 17.0 Å². The lowest BCUT2D eigenvalue weighted by Crippen LogP contribution is -2.72. The van der Waals surface area contributed by atoms with Gasteiger partial charge in [0.15, 0.2) is 0 Å². The van der Waals surface area contributed by atoms with Crippen LogP contribution in [-0.4, -0.2) is 51.5 Å². The summed E-state index contributed by atoms with van der Waals surface area (Å²) in [5.41, 5.74) is 0.651. The number of nitrogens with zero attached hydrogens (tertiary/aromatic N) is 1. The van der Waals surface area contributed by atoms with Crippen molar-refractivity contribution in [1.29, 1.82) is 0 Å². The minimum Gasteiger partial charge on any atom is -0.508 e. The molecule has 2 heterocycles. The number of allylic oxidation sites excluding steroid dienone is 1. The van der Waals surface area contributed by atoms with Gasteiger partial charge < -0.3 is 20.8 Å². The Hall–Kier alpha value is -3.03. The van der Waals surface area contributed by atoms with Gasteiger partial charge in [0.1, 0.15) is 17.5 Å². The number of amides is 2. The monoisotopic (exact) mass is 345 g/mol. The maximum absolute atomic E-state index is 12.2. The largest absolute Gasteiger partial charge is 0.508 e. The molecule has 132 valence electrons. The smallest absolute Gasteiger partial charge is 0.352 e. The summed E-state index contributed by atoms with van der Waals surface area (Å²) in [5.74, 6) is -1.74. The number of β-lactam (4-membered cyclic amide) rings is 1. The lowest BCUT2D eigenvalue weighted by atomic mass is 9.82. The summed E-state index contributed by atoms with van der Waals surface area (Å²) < 4.78 is 0. The van der Waals surface area contributed by atoms with Crippen molar-refractivity contribution < 1.29 is 24.6 Å². The molecule has 1 fully saturated rings. The van der Waals surface area contributed by atoms with Gasteiger partial charge in [-0.15, -0.1) is 0 Å². The SMILES string of the molecule is CC1C=C(C(=O)O)N2C(=O)[C@H](NC(=O)CNc3ccc(O)cc3)C2C1. The summed E-state index contributed by atoms with van der Waals surface area (Å²) >= 11 is 0. The van der Waals surface area contributed by atoms with Crippen molar-refractivity contribution in [1.82, 2.24) is 10.2 Å². The Morgan fingerprint density at radius 2 is 1.96 bits per heavy atom. The molecule has 8 nitrogen and oxygen atoms in total. The maximum atomic E-state index is 12.2. The summed E-state index contributed by atoms with van der Waals surface area (Å²) in [4.78, 5) is 36.8. The van der Waals surface area contributed by atoms with Crippen molar-refractivity contribution in [3.05, 3.63) is 36.0 Å². The Kier molecular flexibility index (Phi) is 4.35. The number of nitrogens with one attached hydrogen (secondary N) is 2. The first-order valence-corrected chi connectivity index (χ1v) is 7.97. The van der Waals surface area contributed by atoms with Crippen LogP contribution in [0.2, 0.25) is 0 Å². The van der Waals surface area contributed by atoms with E-state index < -0.39 is 17.9 Å². The van der Waals surface area contributed by atoms with Gasteiger partial charge in [-0.25, -0.2) is 4.79 Å². The molecule has 2 amide bonds. The van der Waals surface area contributed by atoms with Gasteiger partial charge in [-0.2, -0.15) is 0 Å². The molecule has 1 aromatic rings. The Morgan fingerprint density at radius 1 is 1.28 bits per heavy atom. The zero-order valence-electron chi connectivity index (χ0n) is 13.6. The van der Waals surface area contributed by atoms with Gasteiger partial charge in [-0.05, 0) is 36.6 Å². The van der Waals surface area contributed by atoms with Crippen LogP contribution in [0.1, 0.15) is 13.3 Å². The first-order chi connectivity index (χ1) is 11.9. The van der Waals surface area contributed by atoms with E-state index in [9.17, 15) is 24.6 Å². The summed E-state index contributed by atoms with van der Waals surface area (Å²) in [6.07, 6.45) is 2.18. The van der Waals surface area contributed by atoms with Gasteiger partial charge in [0.2, 0.25) is 5.91 Å². The number of anilines is 1. The van der Waals surface area contributed by atoms with E-state index in [0.29, 0.717) is 12.1 Å². The molecule has 8 heteroatoms. The van der Waals surface area contributed by atoms with Crippen molar-refractivity contribution in [3.8, 4) is 5.75 Å². The van der Waals surface area contributed by atoms with Crippen LogP contribution in [0.15, 0.2) is 36.0 Å². The molecule has 1 saturated heterocycles. The van der Waals surface area contributed by atoms with Crippen molar-refractivity contribution in [2.24, 2.45) is 5.92 Å². The van der Waals surface area contributed by atoms with Crippen LogP contribution < -0.4 is 10.6 Å². The number of aliphatic carboxylic acids is 1. The van der Waals surface area contributed by atoms with Gasteiger partial charge in [-0.3, -0.25) is 14.5 Å². The maximum Gasteiger partial charge on any atom is 0.352 e. The summed E-state index contributed by atoms with van der Waals surface area (Å²) in [6, 6.07) is 5.24. The number of carboxylic acids is 1. The lowest BCUT2D eigenvalue weighted by molar-refractivity contribution is -0.156. The molecule has 2 unspecified atom stereocenters. The number of fused-ring (bicyclic) bond motifs is 1. The number of hydrogen-bond acceptors (Lipinski definition) is 5. The molecular weight excluding hydrogens is 326 g/mol. The third kappa shape index (κ3) is 3.28. The highest BCUT2D eigenvalue weighted by Crippen LogP contribution is 2.35. The molecule has 0 aliphatic carbocycles. The number of phenolic OH excluding ortho intramolecular Hbond substituents is 1. The fraction of sp³-hybridized carbons (Fsp3) is 0.353. The summed E-state index contributed by atoms with van der Waals surface area (Å²) in [7, 11) is 0. The highest BCUT2D eigenvalue weighted by atomic mass is 16.4. The number of phenols is 1. The van der Waals surface area contributed by atoms with Crippen molar-refractivity contribution in [3.63, 3.8) is 0 Å². The number of aromatic hydroxyl groups is 1. The molecule has 0 saturated carbocycles. The van der Waals surface area contributed by atoms with Crippen LogP contribution in [0.25, 0.3) is 0 Å². The summed E-state index contributed by atoms with van der Waals surface area (Å²) in [6.45, 7) is 1.85. The number of hydrogen-bond donors (Lipinski definition) is 4. The van der Waals surface area contributed by atoms with E-state index in [-0.39, 0.29) is 35.9 Å². The van der Waals surface area contributed by atoms with Gasteiger partial charge in [0.25, 0.3) is 5.91 Å². The van der Waals surface area contributed by atoms with E-state index in [1.807, 2.05) is 6.92 Å². The second-order valence-corrected chi connectivity index (χ2v) is 6.29. The highest BCUT2D eigenvalue weighted by Gasteiger charge is 2.52. The van der Waals surface area contributed by atoms with Gasteiger partial charge in [-0.1, -0.05) is 13.0 Å². The van der Waals surface area contributed by atoms with Crippen LogP contribution >= 0.6 is 0 Å². The number of carbonyl (C=O) groups excluding carboxylic acids is 2. The van der Waals surface area contributed by atoms with E-state index in [2.05, 4.69) is 10.6 Å². The third-order valence-electron chi connectivity index (χ3n) is 4.39. The average molecular weight is 345 g/mol. The molecule has 3 rings (SSSR count). The van der Waals surface area contributed by atoms with E-state index in [4.69, 9.17) is 0 Å². The Bertz CT molecular complexity index is 743. The first kappa shape index (κ1) is 16.8. The zero-order chi connectivity index (χ0) is 18.1. The molecule has 2 aliphatic rings. The standard InChI is InChI=1S/C17H19N3O5/c1-9-6-12-15(16(23)20(12)13(7-9)17(24)25)19-14(22)8-18-10-2-4-11(21)5-3-10/h2-5,7,9,12,15,18,21H,6,8H2,1H3,(H,19,22)(H,24,25)/t9?,12?,15-/m1/s1. The van der Waals surface area contributed by atoms with Crippen molar-refractivity contribution in [2.75, 3.05) is 11.9 Å². The van der Waals surface area contributed by atoms with Gasteiger partial charge in [0, 0.05) is 5.69 Å². The molecule has 0 radical (unpaired) electrons. The van der Waals surface area contributed by atoms with Crippen molar-refractivity contribution in [2.45, 2.75) is 25.4 Å². The second-order valence-electron chi connectivity index (χ2n) is 6.29. The fourth-order valence-corrected chi connectivity index (χ4v) is 3.20. The fourth-order valence-electron chi connectivity index (χ4n) is 3.20. The molecule has 25 heavy (non-hydrogen) atoms.